The Morgan fingerprint density at radius 3 is 2.77 bits per heavy atom. The van der Waals surface area contributed by atoms with Gasteiger partial charge in [-0.25, -0.2) is 0 Å². The van der Waals surface area contributed by atoms with Crippen molar-refractivity contribution >= 4 is 23.5 Å². The zero-order chi connectivity index (χ0) is 9.26. The van der Waals surface area contributed by atoms with Crippen LogP contribution in [0.1, 0.15) is 2.85 Å². The van der Waals surface area contributed by atoms with Crippen LogP contribution in [0.25, 0.3) is 10.9 Å². The molecule has 13 heavy (non-hydrogen) atoms. The van der Waals surface area contributed by atoms with Gasteiger partial charge in [-0.15, -0.1) is 0 Å². The molecule has 0 bridgehead atoms. The summed E-state index contributed by atoms with van der Waals surface area (Å²) in [5, 5.41) is 18.9. The third kappa shape index (κ3) is 1.41. The van der Waals surface area contributed by atoms with Crippen molar-refractivity contribution in [3.05, 3.63) is 36.5 Å². The molecule has 0 aliphatic carbocycles. The molecule has 68 valence electrons. The number of hydrogen-bond acceptors (Lipinski definition) is 3. The molecular formula is C9H12BNO2. The number of fused-ring (bicyclic) bond motifs is 1. The van der Waals surface area contributed by atoms with Crippen molar-refractivity contribution in [3.8, 4) is 0 Å². The average Bonchev–Trinajstić information content (AvgIpc) is 2.17. The molecule has 0 unspecified atom stereocenters. The van der Waals surface area contributed by atoms with E-state index in [1.54, 1.807) is 24.4 Å². The highest BCUT2D eigenvalue weighted by Crippen LogP contribution is 2.07. The maximum Gasteiger partial charge on any atom is 0.489 e. The Labute approximate surface area is 78.8 Å². The summed E-state index contributed by atoms with van der Waals surface area (Å²) in [4.78, 5) is 4.10. The van der Waals surface area contributed by atoms with Crippen LogP contribution in [0.15, 0.2) is 36.5 Å². The first-order valence-electron chi connectivity index (χ1n) is 3.99. The Morgan fingerprint density at radius 2 is 2.00 bits per heavy atom. The van der Waals surface area contributed by atoms with Crippen molar-refractivity contribution in [2.24, 2.45) is 0 Å². The summed E-state index contributed by atoms with van der Waals surface area (Å²) in [5.74, 6) is 0. The molecule has 0 spiro atoms. The minimum absolute atomic E-state index is 0. The molecule has 0 fully saturated rings. The Hall–Kier alpha value is -1.39. The second kappa shape index (κ2) is 3.16. The van der Waals surface area contributed by atoms with E-state index in [0.717, 1.165) is 10.9 Å². The van der Waals surface area contributed by atoms with Crippen LogP contribution in [0.4, 0.5) is 0 Å². The molecule has 0 atom stereocenters. The van der Waals surface area contributed by atoms with Crippen LogP contribution in [-0.4, -0.2) is 22.2 Å². The molecule has 0 radical (unpaired) electrons. The molecule has 4 heteroatoms. The Morgan fingerprint density at radius 1 is 1.15 bits per heavy atom. The highest BCUT2D eigenvalue weighted by molar-refractivity contribution is 6.61. The van der Waals surface area contributed by atoms with Gasteiger partial charge in [-0.1, -0.05) is 18.2 Å². The zero-order valence-corrected chi connectivity index (χ0v) is 6.88. The van der Waals surface area contributed by atoms with Gasteiger partial charge < -0.3 is 10.0 Å². The molecule has 2 rings (SSSR count). The molecular weight excluding hydrogens is 165 g/mol. The molecule has 3 nitrogen and oxygen atoms in total. The lowest BCUT2D eigenvalue weighted by atomic mass is 9.78. The molecule has 2 aromatic rings. The van der Waals surface area contributed by atoms with Gasteiger partial charge in [0.1, 0.15) is 0 Å². The molecule has 0 saturated carbocycles. The SMILES string of the molecule is OB(O)c1cccc2ncccc12.[HH].[HH]. The summed E-state index contributed by atoms with van der Waals surface area (Å²) >= 11 is 0. The second-order valence-electron chi connectivity index (χ2n) is 2.79. The molecule has 1 aromatic carbocycles. The van der Waals surface area contributed by atoms with Gasteiger partial charge in [-0.05, 0) is 23.0 Å². The molecule has 0 aliphatic rings. The van der Waals surface area contributed by atoms with Crippen molar-refractivity contribution in [3.63, 3.8) is 0 Å². The average molecular weight is 177 g/mol. The third-order valence-electron chi connectivity index (χ3n) is 1.96. The first-order valence-corrected chi connectivity index (χ1v) is 3.99. The van der Waals surface area contributed by atoms with Crippen LogP contribution >= 0.6 is 0 Å². The summed E-state index contributed by atoms with van der Waals surface area (Å²) in [6.45, 7) is 0. The lowest BCUT2D eigenvalue weighted by Crippen LogP contribution is -2.30. The van der Waals surface area contributed by atoms with Gasteiger partial charge >= 0.3 is 7.12 Å². The Kier molecular flexibility index (Phi) is 2.00. The van der Waals surface area contributed by atoms with Crippen molar-refractivity contribution in [1.82, 2.24) is 4.98 Å². The van der Waals surface area contributed by atoms with Crippen LogP contribution < -0.4 is 5.46 Å². The van der Waals surface area contributed by atoms with E-state index in [4.69, 9.17) is 10.0 Å². The van der Waals surface area contributed by atoms with Crippen LogP contribution in [-0.2, 0) is 0 Å². The van der Waals surface area contributed by atoms with Gasteiger partial charge in [0.2, 0.25) is 0 Å². The van der Waals surface area contributed by atoms with E-state index in [1.165, 1.54) is 0 Å². The Balaban J connectivity index is 0.000000980. The molecule has 1 heterocycles. The third-order valence-corrected chi connectivity index (χ3v) is 1.96. The zero-order valence-electron chi connectivity index (χ0n) is 6.88. The maximum atomic E-state index is 9.05. The van der Waals surface area contributed by atoms with Crippen LogP contribution in [0, 0.1) is 0 Å². The number of pyridine rings is 1. The number of rotatable bonds is 1. The predicted octanol–water partition coefficient (Wildman–Crippen LogP) is 0.407. The molecule has 2 N–H and O–H groups in total. The van der Waals surface area contributed by atoms with E-state index >= 15 is 0 Å². The lowest BCUT2D eigenvalue weighted by Gasteiger charge is -2.03. The largest absolute Gasteiger partial charge is 0.489 e. The van der Waals surface area contributed by atoms with Crippen molar-refractivity contribution in [2.45, 2.75) is 0 Å². The normalized spacial score (nSPS) is 10.3. The smallest absolute Gasteiger partial charge is 0.423 e. The van der Waals surface area contributed by atoms with Crippen molar-refractivity contribution in [1.29, 1.82) is 0 Å². The molecule has 1 aromatic heterocycles. The summed E-state index contributed by atoms with van der Waals surface area (Å²) < 4.78 is 0. The number of benzene rings is 1. The van der Waals surface area contributed by atoms with E-state index in [-0.39, 0.29) is 2.85 Å². The fourth-order valence-electron chi connectivity index (χ4n) is 1.35. The predicted molar refractivity (Wildman–Crippen MR) is 55.8 cm³/mol. The van der Waals surface area contributed by atoms with E-state index in [2.05, 4.69) is 4.98 Å². The lowest BCUT2D eigenvalue weighted by molar-refractivity contribution is 0.426. The first kappa shape index (κ1) is 8.22. The van der Waals surface area contributed by atoms with Crippen LogP contribution in [0.5, 0.6) is 0 Å². The van der Waals surface area contributed by atoms with Gasteiger partial charge in [-0.2, -0.15) is 0 Å². The number of nitrogens with zero attached hydrogens (tertiary/aromatic N) is 1. The summed E-state index contributed by atoms with van der Waals surface area (Å²) in [7, 11) is -1.44. The van der Waals surface area contributed by atoms with Crippen molar-refractivity contribution in [2.75, 3.05) is 0 Å². The van der Waals surface area contributed by atoms with E-state index in [1.807, 2.05) is 12.1 Å². The molecule has 0 aliphatic heterocycles. The summed E-state index contributed by atoms with van der Waals surface area (Å²) in [5.41, 5.74) is 1.26. The van der Waals surface area contributed by atoms with E-state index < -0.39 is 7.12 Å². The maximum absolute atomic E-state index is 9.05. The Bertz CT molecular complexity index is 434. The van der Waals surface area contributed by atoms with Crippen LogP contribution in [0.3, 0.4) is 0 Å². The summed E-state index contributed by atoms with van der Waals surface area (Å²) in [6.07, 6.45) is 1.68. The fraction of sp³-hybridized carbons (Fsp3) is 0. The van der Waals surface area contributed by atoms with Gasteiger partial charge in [-0.3, -0.25) is 4.98 Å². The highest BCUT2D eigenvalue weighted by atomic mass is 16.4. The minimum Gasteiger partial charge on any atom is -0.423 e. The van der Waals surface area contributed by atoms with Gasteiger partial charge in [0, 0.05) is 9.05 Å². The summed E-state index contributed by atoms with van der Waals surface area (Å²) in [6, 6.07) is 8.85. The van der Waals surface area contributed by atoms with E-state index in [0.29, 0.717) is 5.46 Å². The number of aromatic nitrogens is 1. The topological polar surface area (TPSA) is 53.4 Å². The van der Waals surface area contributed by atoms with Gasteiger partial charge in [0.25, 0.3) is 0 Å². The fourth-order valence-corrected chi connectivity index (χ4v) is 1.35. The van der Waals surface area contributed by atoms with Crippen molar-refractivity contribution < 1.29 is 12.9 Å². The highest BCUT2D eigenvalue weighted by Gasteiger charge is 2.13. The molecule has 0 saturated heterocycles. The standard InChI is InChI=1S/C9H8BNO2.2H2/c12-10(13)8-4-1-5-9-7(8)3-2-6-11-9;;/h1-6,12-13H;2*1H. The van der Waals surface area contributed by atoms with Gasteiger partial charge in [0.15, 0.2) is 0 Å². The minimum atomic E-state index is -1.44. The monoisotopic (exact) mass is 177 g/mol. The first-order chi connectivity index (χ1) is 6.29. The van der Waals surface area contributed by atoms with Gasteiger partial charge in [0.05, 0.1) is 5.52 Å². The van der Waals surface area contributed by atoms with Crippen LogP contribution in [0.2, 0.25) is 0 Å². The quantitative estimate of drug-likeness (QED) is 0.620. The second-order valence-corrected chi connectivity index (χ2v) is 2.79. The number of hydrogen-bond donors (Lipinski definition) is 2. The van der Waals surface area contributed by atoms with E-state index in [9.17, 15) is 0 Å². The molecule has 0 amide bonds.